The predicted octanol–water partition coefficient (Wildman–Crippen LogP) is 0.384. The molecule has 3 fully saturated rings. The first-order valence-corrected chi connectivity index (χ1v) is 11.4. The third kappa shape index (κ3) is 3.77. The molecular formula is C23H30N4O4. The van der Waals surface area contributed by atoms with E-state index in [1.54, 1.807) is 4.90 Å². The summed E-state index contributed by atoms with van der Waals surface area (Å²) in [5.41, 5.74) is 2.23. The number of hydrogen-bond donors (Lipinski definition) is 3. The molecule has 3 N–H and O–H groups in total. The van der Waals surface area contributed by atoms with Crippen molar-refractivity contribution in [2.75, 3.05) is 26.2 Å². The van der Waals surface area contributed by atoms with Gasteiger partial charge in [-0.3, -0.25) is 24.6 Å². The fraction of sp³-hybridized carbons (Fsp3) is 0.609. The van der Waals surface area contributed by atoms with Crippen molar-refractivity contribution in [3.8, 4) is 0 Å². The molecule has 0 spiro atoms. The van der Waals surface area contributed by atoms with E-state index in [4.69, 9.17) is 0 Å². The summed E-state index contributed by atoms with van der Waals surface area (Å²) in [7, 11) is 0. The number of carbonyl (C=O) groups is 3. The minimum Gasteiger partial charge on any atom is -0.388 e. The van der Waals surface area contributed by atoms with E-state index < -0.39 is 11.6 Å². The summed E-state index contributed by atoms with van der Waals surface area (Å²) in [6, 6.07) is 5.24. The molecule has 1 aromatic carbocycles. The number of rotatable bonds is 4. The normalized spacial score (nSPS) is 30.0. The molecule has 0 saturated carbocycles. The Bertz CT molecular complexity index is 903. The molecule has 1 aromatic rings. The van der Waals surface area contributed by atoms with E-state index in [2.05, 4.69) is 21.6 Å². The van der Waals surface area contributed by atoms with Crippen LogP contribution >= 0.6 is 0 Å². The van der Waals surface area contributed by atoms with Crippen molar-refractivity contribution < 1.29 is 19.5 Å². The number of imide groups is 1. The fourth-order valence-corrected chi connectivity index (χ4v) is 5.71. The van der Waals surface area contributed by atoms with Gasteiger partial charge in [0.15, 0.2) is 0 Å². The molecule has 4 aliphatic heterocycles. The Morgan fingerprint density at radius 3 is 2.65 bits per heavy atom. The van der Waals surface area contributed by atoms with E-state index in [0.29, 0.717) is 31.0 Å². The molecule has 5 rings (SSSR count). The Balaban J connectivity index is 1.26. The quantitative estimate of drug-likeness (QED) is 0.602. The lowest BCUT2D eigenvalue weighted by atomic mass is 9.80. The summed E-state index contributed by atoms with van der Waals surface area (Å²) in [4.78, 5) is 40.8. The number of nitrogens with zero attached hydrogens (tertiary/aromatic N) is 2. The molecule has 4 aliphatic rings. The third-order valence-corrected chi connectivity index (χ3v) is 7.59. The minimum absolute atomic E-state index is 0.124. The number of benzene rings is 1. The van der Waals surface area contributed by atoms with Crippen molar-refractivity contribution in [2.45, 2.75) is 56.8 Å². The van der Waals surface area contributed by atoms with Crippen LogP contribution in [0.3, 0.4) is 0 Å². The number of amides is 3. The van der Waals surface area contributed by atoms with Gasteiger partial charge in [0.2, 0.25) is 11.8 Å². The summed E-state index contributed by atoms with van der Waals surface area (Å²) in [6.45, 7) is 4.64. The van der Waals surface area contributed by atoms with Crippen molar-refractivity contribution >= 4 is 17.7 Å². The first kappa shape index (κ1) is 20.6. The molecule has 0 aromatic heterocycles. The maximum Gasteiger partial charge on any atom is 0.255 e. The average Bonchev–Trinajstić information content (AvgIpc) is 3.34. The topological polar surface area (TPSA) is 102 Å². The molecule has 2 atom stereocenters. The number of likely N-dealkylation sites (tertiary alicyclic amines) is 1. The highest BCUT2D eigenvalue weighted by molar-refractivity contribution is 6.05. The second-order valence-corrected chi connectivity index (χ2v) is 9.42. The highest BCUT2D eigenvalue weighted by Crippen LogP contribution is 2.34. The van der Waals surface area contributed by atoms with Gasteiger partial charge in [-0.15, -0.1) is 0 Å². The van der Waals surface area contributed by atoms with Gasteiger partial charge in [-0.25, -0.2) is 0 Å². The Morgan fingerprint density at radius 2 is 1.94 bits per heavy atom. The number of piperidine rings is 2. The van der Waals surface area contributed by atoms with Crippen LogP contribution in [-0.2, 0) is 22.7 Å². The van der Waals surface area contributed by atoms with Crippen molar-refractivity contribution in [3.05, 3.63) is 34.9 Å². The second-order valence-electron chi connectivity index (χ2n) is 9.42. The lowest BCUT2D eigenvalue weighted by molar-refractivity contribution is -0.136. The third-order valence-electron chi connectivity index (χ3n) is 7.59. The van der Waals surface area contributed by atoms with Gasteiger partial charge in [0.1, 0.15) is 6.04 Å². The number of carbonyl (C=O) groups excluding carboxylic acids is 3. The van der Waals surface area contributed by atoms with Crippen molar-refractivity contribution in [1.82, 2.24) is 20.4 Å². The van der Waals surface area contributed by atoms with E-state index >= 15 is 0 Å². The molecule has 3 amide bonds. The van der Waals surface area contributed by atoms with Crippen molar-refractivity contribution in [2.24, 2.45) is 5.92 Å². The largest absolute Gasteiger partial charge is 0.388 e. The molecule has 0 radical (unpaired) electrons. The molecule has 2 unspecified atom stereocenters. The number of nitrogens with one attached hydrogen (secondary N) is 2. The lowest BCUT2D eigenvalue weighted by Crippen LogP contribution is -2.52. The van der Waals surface area contributed by atoms with Gasteiger partial charge >= 0.3 is 0 Å². The van der Waals surface area contributed by atoms with Gasteiger partial charge in [0.25, 0.3) is 5.91 Å². The standard InChI is InChI=1S/C23H30N4O4/c28-20-5-4-19(21(29)25-20)27-13-18-15(2-1-3-17(18)22(27)30)12-26-10-6-16(7-11-26)23(31)8-9-24-14-23/h1-3,16,19,24,31H,4-14H2,(H,25,28,29). The summed E-state index contributed by atoms with van der Waals surface area (Å²) < 4.78 is 0. The van der Waals surface area contributed by atoms with E-state index in [1.807, 2.05) is 12.1 Å². The Labute approximate surface area is 182 Å². The van der Waals surface area contributed by atoms with Crippen molar-refractivity contribution in [1.29, 1.82) is 0 Å². The monoisotopic (exact) mass is 426 g/mol. The number of hydrogen-bond acceptors (Lipinski definition) is 6. The molecule has 166 valence electrons. The van der Waals surface area contributed by atoms with E-state index in [-0.39, 0.29) is 24.1 Å². The highest BCUT2D eigenvalue weighted by atomic mass is 16.3. The second kappa shape index (κ2) is 8.00. The van der Waals surface area contributed by atoms with E-state index in [0.717, 1.165) is 56.6 Å². The summed E-state index contributed by atoms with van der Waals surface area (Å²) in [5.74, 6) is -0.432. The van der Waals surface area contributed by atoms with Crippen LogP contribution in [0.5, 0.6) is 0 Å². The highest BCUT2D eigenvalue weighted by Gasteiger charge is 2.42. The molecular weight excluding hydrogens is 396 g/mol. The Morgan fingerprint density at radius 1 is 1.13 bits per heavy atom. The van der Waals surface area contributed by atoms with Crippen molar-refractivity contribution in [3.63, 3.8) is 0 Å². The number of aliphatic hydroxyl groups is 1. The fourth-order valence-electron chi connectivity index (χ4n) is 5.71. The SMILES string of the molecule is O=C1CCC(N2Cc3c(CN4CCC(C5(O)CCNC5)CC4)cccc3C2=O)C(=O)N1. The maximum atomic E-state index is 13.0. The lowest BCUT2D eigenvalue weighted by Gasteiger charge is -2.39. The smallest absolute Gasteiger partial charge is 0.255 e. The zero-order valence-electron chi connectivity index (χ0n) is 17.7. The summed E-state index contributed by atoms with van der Waals surface area (Å²) >= 11 is 0. The maximum absolute atomic E-state index is 13.0. The number of fused-ring (bicyclic) bond motifs is 1. The van der Waals surface area contributed by atoms with Gasteiger partial charge < -0.3 is 15.3 Å². The number of β-amino-alcohol motifs (C(OH)–C–C–N with tert-alkyl or cyclic N) is 1. The molecule has 8 nitrogen and oxygen atoms in total. The van der Waals surface area contributed by atoms with Crippen LogP contribution in [0.15, 0.2) is 18.2 Å². The molecule has 8 heteroatoms. The molecule has 0 aliphatic carbocycles. The minimum atomic E-state index is -0.582. The first-order valence-electron chi connectivity index (χ1n) is 11.4. The summed E-state index contributed by atoms with van der Waals surface area (Å²) in [5, 5.41) is 16.5. The van der Waals surface area contributed by atoms with Crippen LogP contribution in [-0.4, -0.2) is 70.4 Å². The zero-order chi connectivity index (χ0) is 21.6. The summed E-state index contributed by atoms with van der Waals surface area (Å²) in [6.07, 6.45) is 3.44. The molecule has 4 heterocycles. The van der Waals surface area contributed by atoms with Gasteiger partial charge in [-0.1, -0.05) is 12.1 Å². The Kier molecular flexibility index (Phi) is 5.32. The van der Waals surface area contributed by atoms with Crippen LogP contribution in [0.1, 0.15) is 53.6 Å². The van der Waals surface area contributed by atoms with Crippen LogP contribution < -0.4 is 10.6 Å². The van der Waals surface area contributed by atoms with Gasteiger partial charge in [-0.05, 0) is 68.4 Å². The van der Waals surface area contributed by atoms with Crippen LogP contribution in [0.2, 0.25) is 0 Å². The molecule has 3 saturated heterocycles. The van der Waals surface area contributed by atoms with E-state index in [9.17, 15) is 19.5 Å². The van der Waals surface area contributed by atoms with Crippen LogP contribution in [0.4, 0.5) is 0 Å². The average molecular weight is 427 g/mol. The first-order chi connectivity index (χ1) is 14.9. The van der Waals surface area contributed by atoms with Crippen LogP contribution in [0, 0.1) is 5.92 Å². The zero-order valence-corrected chi connectivity index (χ0v) is 17.7. The Hall–Kier alpha value is -2.29. The molecule has 0 bridgehead atoms. The van der Waals surface area contributed by atoms with Gasteiger partial charge in [-0.2, -0.15) is 0 Å². The van der Waals surface area contributed by atoms with Gasteiger partial charge in [0.05, 0.1) is 5.60 Å². The van der Waals surface area contributed by atoms with Crippen LogP contribution in [0.25, 0.3) is 0 Å². The predicted molar refractivity (Wildman–Crippen MR) is 113 cm³/mol. The van der Waals surface area contributed by atoms with E-state index in [1.165, 1.54) is 0 Å². The molecule has 31 heavy (non-hydrogen) atoms. The van der Waals surface area contributed by atoms with Gasteiger partial charge in [0, 0.05) is 31.6 Å².